The number of hydrogen-bond donors (Lipinski definition) is 2. The fraction of sp³-hybridized carbons (Fsp3) is 0.417. The highest BCUT2D eigenvalue weighted by Crippen LogP contribution is 2.15. The molecule has 0 aliphatic rings. The molecule has 0 saturated carbocycles. The Morgan fingerprint density at radius 2 is 1.89 bits per heavy atom. The minimum absolute atomic E-state index is 0.0204. The number of ketones is 1. The van der Waals surface area contributed by atoms with Gasteiger partial charge in [0.2, 0.25) is 11.2 Å². The van der Waals surface area contributed by atoms with Gasteiger partial charge in [-0.25, -0.2) is 0 Å². The average Bonchev–Trinajstić information content (AvgIpc) is 2.37. The number of unbranched alkanes of at least 4 members (excludes halogenated alkanes) is 1. The van der Waals surface area contributed by atoms with Crippen molar-refractivity contribution in [3.05, 3.63) is 29.8 Å². The molecule has 1 atom stereocenters. The van der Waals surface area contributed by atoms with Gasteiger partial charge in [0, 0.05) is 5.56 Å². The summed E-state index contributed by atoms with van der Waals surface area (Å²) in [4.78, 5) is 11.5. The second-order valence-corrected chi connectivity index (χ2v) is 5.43. The zero-order valence-corrected chi connectivity index (χ0v) is 11.3. The van der Waals surface area contributed by atoms with Crippen LogP contribution in [0.3, 0.4) is 0 Å². The molecule has 1 aromatic carbocycles. The van der Waals surface area contributed by atoms with Gasteiger partial charge in [-0.3, -0.25) is 9.35 Å². The van der Waals surface area contributed by atoms with E-state index < -0.39 is 21.3 Å². The van der Waals surface area contributed by atoms with E-state index in [2.05, 4.69) is 0 Å². The van der Waals surface area contributed by atoms with E-state index >= 15 is 0 Å². The van der Waals surface area contributed by atoms with E-state index in [1.165, 1.54) is 24.3 Å². The Morgan fingerprint density at radius 3 is 2.37 bits per heavy atom. The van der Waals surface area contributed by atoms with Gasteiger partial charge in [0.1, 0.15) is 5.75 Å². The van der Waals surface area contributed by atoms with Crippen LogP contribution in [0.4, 0.5) is 0 Å². The first-order chi connectivity index (χ1) is 8.86. The number of hydrogen-bond acceptors (Lipinski definition) is 5. The Hall–Kier alpha value is -1.44. The van der Waals surface area contributed by atoms with Crippen molar-refractivity contribution in [2.24, 2.45) is 0 Å². The molecule has 0 radical (unpaired) electrons. The van der Waals surface area contributed by atoms with Crippen molar-refractivity contribution >= 4 is 15.9 Å². The number of aliphatic hydroxyl groups is 1. The van der Waals surface area contributed by atoms with Crippen LogP contribution in [-0.2, 0) is 10.1 Å². The Balaban J connectivity index is 2.73. The van der Waals surface area contributed by atoms with Gasteiger partial charge in [0.15, 0.2) is 0 Å². The molecule has 1 aromatic rings. The lowest BCUT2D eigenvalue weighted by Crippen LogP contribution is -2.29. The smallest absolute Gasteiger partial charge is 0.299 e. The summed E-state index contributed by atoms with van der Waals surface area (Å²) in [7, 11) is -4.80. The molecule has 0 saturated heterocycles. The summed E-state index contributed by atoms with van der Waals surface area (Å²) in [5, 5.41) is 9.13. The van der Waals surface area contributed by atoms with Crippen LogP contribution in [-0.4, -0.2) is 35.9 Å². The third-order valence-corrected chi connectivity index (χ3v) is 3.19. The molecular weight excluding hydrogens is 272 g/mol. The van der Waals surface area contributed by atoms with Crippen molar-refractivity contribution in [3.8, 4) is 5.75 Å². The number of carbonyl (C=O) groups excluding carboxylic acids is 1. The zero-order chi connectivity index (χ0) is 14.5. The topological polar surface area (TPSA) is 101 Å². The van der Waals surface area contributed by atoms with Gasteiger partial charge in [-0.05, 0) is 30.7 Å². The lowest BCUT2D eigenvalue weighted by molar-refractivity contribution is 0.0848. The first-order valence-electron chi connectivity index (χ1n) is 5.77. The number of carbonyl (C=O) groups is 1. The summed E-state index contributed by atoms with van der Waals surface area (Å²) in [6.45, 7) is 2.58. The maximum Gasteiger partial charge on any atom is 0.299 e. The number of aliphatic hydroxyl groups excluding tert-OH is 1. The summed E-state index contributed by atoms with van der Waals surface area (Å²) in [5.74, 6) is -0.533. The SMILES string of the molecule is CCCCOc1ccc(C(=O)C(O)S(=O)(=O)O)cc1. The third kappa shape index (κ3) is 4.62. The summed E-state index contributed by atoms with van der Waals surface area (Å²) in [6, 6.07) is 5.66. The van der Waals surface area contributed by atoms with E-state index in [9.17, 15) is 13.2 Å². The normalized spacial score (nSPS) is 13.0. The van der Waals surface area contributed by atoms with Crippen LogP contribution in [0.2, 0.25) is 0 Å². The first kappa shape index (κ1) is 15.6. The number of ether oxygens (including phenoxy) is 1. The minimum Gasteiger partial charge on any atom is -0.494 e. The first-order valence-corrected chi connectivity index (χ1v) is 7.28. The molecule has 19 heavy (non-hydrogen) atoms. The highest BCUT2D eigenvalue weighted by Gasteiger charge is 2.29. The fourth-order valence-corrected chi connectivity index (χ4v) is 1.73. The zero-order valence-electron chi connectivity index (χ0n) is 10.4. The van der Waals surface area contributed by atoms with Crippen LogP contribution in [0.15, 0.2) is 24.3 Å². The second-order valence-electron chi connectivity index (χ2n) is 3.96. The van der Waals surface area contributed by atoms with Crippen LogP contribution in [0, 0.1) is 0 Å². The van der Waals surface area contributed by atoms with Crippen LogP contribution in [0.5, 0.6) is 5.75 Å². The Morgan fingerprint density at radius 1 is 1.32 bits per heavy atom. The van der Waals surface area contributed by atoms with E-state index in [1.807, 2.05) is 6.92 Å². The molecule has 7 heteroatoms. The Bertz CT molecular complexity index is 520. The molecule has 2 N–H and O–H groups in total. The number of benzene rings is 1. The quantitative estimate of drug-likeness (QED) is 0.445. The molecule has 0 amide bonds. The van der Waals surface area contributed by atoms with Gasteiger partial charge in [-0.2, -0.15) is 8.42 Å². The second kappa shape index (κ2) is 6.65. The molecule has 6 nitrogen and oxygen atoms in total. The average molecular weight is 288 g/mol. The van der Waals surface area contributed by atoms with Gasteiger partial charge in [0.25, 0.3) is 10.1 Å². The highest BCUT2D eigenvalue weighted by atomic mass is 32.2. The van der Waals surface area contributed by atoms with E-state index in [1.54, 1.807) is 0 Å². The molecule has 0 heterocycles. The van der Waals surface area contributed by atoms with Gasteiger partial charge in [-0.1, -0.05) is 13.3 Å². The maximum atomic E-state index is 11.5. The van der Waals surface area contributed by atoms with Crippen molar-refractivity contribution in [2.75, 3.05) is 6.61 Å². The van der Waals surface area contributed by atoms with Crippen LogP contribution in [0.1, 0.15) is 30.1 Å². The molecule has 106 valence electrons. The van der Waals surface area contributed by atoms with Gasteiger partial charge >= 0.3 is 0 Å². The van der Waals surface area contributed by atoms with Crippen molar-refractivity contribution in [1.82, 2.24) is 0 Å². The lowest BCUT2D eigenvalue weighted by atomic mass is 10.1. The van der Waals surface area contributed by atoms with Crippen molar-refractivity contribution in [3.63, 3.8) is 0 Å². The molecule has 0 fully saturated rings. The molecule has 1 unspecified atom stereocenters. The Kier molecular flexibility index (Phi) is 5.46. The van der Waals surface area contributed by atoms with Crippen molar-refractivity contribution in [1.29, 1.82) is 0 Å². The van der Waals surface area contributed by atoms with Crippen LogP contribution < -0.4 is 4.74 Å². The summed E-state index contributed by atoms with van der Waals surface area (Å²) in [5.41, 5.74) is -2.48. The highest BCUT2D eigenvalue weighted by molar-refractivity contribution is 7.87. The predicted octanol–water partition coefficient (Wildman–Crippen LogP) is 1.25. The molecule has 0 aromatic heterocycles. The fourth-order valence-electron chi connectivity index (χ4n) is 1.33. The molecule has 0 bridgehead atoms. The summed E-state index contributed by atoms with van der Waals surface area (Å²) >= 11 is 0. The van der Waals surface area contributed by atoms with E-state index in [-0.39, 0.29) is 5.56 Å². The van der Waals surface area contributed by atoms with Crippen molar-refractivity contribution < 1.29 is 27.6 Å². The standard InChI is InChI=1S/C12H16O6S/c1-2-3-8-18-10-6-4-9(5-7-10)11(13)12(14)19(15,16)17/h4-7,12,14H,2-3,8H2,1H3,(H,15,16,17). The number of rotatable bonds is 7. The Labute approximate surface area is 111 Å². The van der Waals surface area contributed by atoms with Crippen LogP contribution >= 0.6 is 0 Å². The minimum atomic E-state index is -4.80. The maximum absolute atomic E-state index is 11.5. The lowest BCUT2D eigenvalue weighted by Gasteiger charge is -2.08. The third-order valence-electron chi connectivity index (χ3n) is 2.41. The van der Waals surface area contributed by atoms with Crippen LogP contribution in [0.25, 0.3) is 0 Å². The molecular formula is C12H16O6S. The van der Waals surface area contributed by atoms with Gasteiger partial charge in [-0.15, -0.1) is 0 Å². The van der Waals surface area contributed by atoms with E-state index in [0.29, 0.717) is 12.4 Å². The van der Waals surface area contributed by atoms with Crippen molar-refractivity contribution in [2.45, 2.75) is 25.2 Å². The monoisotopic (exact) mass is 288 g/mol. The number of Topliss-reactive ketones (excluding diaryl/α,β-unsaturated/α-hetero) is 1. The predicted molar refractivity (Wildman–Crippen MR) is 68.7 cm³/mol. The molecule has 0 aliphatic heterocycles. The van der Waals surface area contributed by atoms with Gasteiger partial charge < -0.3 is 9.84 Å². The summed E-state index contributed by atoms with van der Waals surface area (Å²) in [6.07, 6.45) is 1.90. The summed E-state index contributed by atoms with van der Waals surface area (Å²) < 4.78 is 35.3. The largest absolute Gasteiger partial charge is 0.494 e. The molecule has 0 aliphatic carbocycles. The molecule has 1 rings (SSSR count). The van der Waals surface area contributed by atoms with E-state index in [4.69, 9.17) is 14.4 Å². The van der Waals surface area contributed by atoms with E-state index in [0.717, 1.165) is 12.8 Å². The van der Waals surface area contributed by atoms with Gasteiger partial charge in [0.05, 0.1) is 6.61 Å². The molecule has 0 spiro atoms.